The van der Waals surface area contributed by atoms with Crippen LogP contribution in [-0.2, 0) is 33.2 Å². The van der Waals surface area contributed by atoms with Gasteiger partial charge in [-0.3, -0.25) is 4.79 Å². The number of ether oxygens (including phenoxy) is 6. The second-order valence-electron chi connectivity index (χ2n) is 23.3. The fourth-order valence-electron chi connectivity index (χ4n) is 10.6. The molecular weight excluding hydrogens is 1030 g/mol. The Morgan fingerprint density at radius 2 is 0.802 bits per heavy atom. The number of unbranched alkanes of at least 4 members (excludes halogenated alkanes) is 33. The van der Waals surface area contributed by atoms with Crippen molar-refractivity contribution in [2.45, 2.75) is 338 Å². The van der Waals surface area contributed by atoms with Crippen LogP contribution in [0.3, 0.4) is 0 Å². The first-order valence-electron chi connectivity index (χ1n) is 33.2. The Balaban J connectivity index is 1.65. The molecule has 0 bridgehead atoms. The second-order valence-corrected chi connectivity index (χ2v) is 23.3. The van der Waals surface area contributed by atoms with E-state index in [2.05, 4.69) is 62.5 Å². The number of rotatable bonds is 55. The molecule has 14 nitrogen and oxygen atoms in total. The van der Waals surface area contributed by atoms with E-state index in [1.54, 1.807) is 0 Å². The van der Waals surface area contributed by atoms with Gasteiger partial charge in [0.1, 0.15) is 54.9 Å². The molecule has 2 aliphatic rings. The molecule has 2 rings (SSSR count). The van der Waals surface area contributed by atoms with E-state index in [9.17, 15) is 40.5 Å². The summed E-state index contributed by atoms with van der Waals surface area (Å²) in [5.74, 6) is -0.376. The summed E-state index contributed by atoms with van der Waals surface area (Å²) in [7, 11) is 0. The summed E-state index contributed by atoms with van der Waals surface area (Å²) < 4.78 is 34.5. The highest BCUT2D eigenvalue weighted by atomic mass is 16.7. The minimum atomic E-state index is -1.71. The van der Waals surface area contributed by atoms with Crippen LogP contribution in [0.25, 0.3) is 0 Å². The Bertz CT molecular complexity index is 1520. The maximum absolute atomic E-state index is 13.1. The van der Waals surface area contributed by atoms with Crippen molar-refractivity contribution in [3.8, 4) is 0 Å². The van der Waals surface area contributed by atoms with Gasteiger partial charge in [-0.25, -0.2) is 0 Å². The van der Waals surface area contributed by atoms with Gasteiger partial charge in [0.2, 0.25) is 0 Å². The molecule has 11 atom stereocenters. The molecule has 0 aliphatic carbocycles. The van der Waals surface area contributed by atoms with Crippen LogP contribution < -0.4 is 0 Å². The van der Waals surface area contributed by atoms with Gasteiger partial charge in [0.25, 0.3) is 0 Å². The van der Waals surface area contributed by atoms with Crippen molar-refractivity contribution in [2.24, 2.45) is 0 Å². The molecule has 81 heavy (non-hydrogen) atoms. The van der Waals surface area contributed by atoms with E-state index < -0.39 is 80.7 Å². The number of aliphatic hydroxyl groups excluding tert-OH is 7. The van der Waals surface area contributed by atoms with Crippen LogP contribution in [0.5, 0.6) is 0 Å². The highest BCUT2D eigenvalue weighted by Crippen LogP contribution is 2.27. The molecule has 0 radical (unpaired) electrons. The van der Waals surface area contributed by atoms with E-state index in [4.69, 9.17) is 28.4 Å². The van der Waals surface area contributed by atoms with E-state index in [0.29, 0.717) is 13.0 Å². The van der Waals surface area contributed by atoms with Crippen molar-refractivity contribution in [2.75, 3.05) is 33.0 Å². The zero-order valence-electron chi connectivity index (χ0n) is 51.3. The minimum absolute atomic E-state index is 0.0627. The number of hydrogen-bond donors (Lipinski definition) is 7. The van der Waals surface area contributed by atoms with Crippen molar-refractivity contribution in [3.63, 3.8) is 0 Å². The predicted octanol–water partition coefficient (Wildman–Crippen LogP) is 13.4. The molecule has 11 unspecified atom stereocenters. The summed E-state index contributed by atoms with van der Waals surface area (Å²) in [6.07, 6.45) is 50.4. The highest BCUT2D eigenvalue weighted by Gasteiger charge is 2.47. The summed E-state index contributed by atoms with van der Waals surface area (Å²) in [5.41, 5.74) is 0. The maximum atomic E-state index is 13.1. The van der Waals surface area contributed by atoms with Gasteiger partial charge in [-0.1, -0.05) is 262 Å². The molecule has 474 valence electrons. The third kappa shape index (κ3) is 39.3. The third-order valence-electron chi connectivity index (χ3n) is 15.9. The Morgan fingerprint density at radius 1 is 0.420 bits per heavy atom. The maximum Gasteiger partial charge on any atom is 0.306 e. The number of carbonyl (C=O) groups excluding carboxylic acids is 1. The van der Waals surface area contributed by atoms with Crippen molar-refractivity contribution >= 4 is 5.97 Å². The summed E-state index contributed by atoms with van der Waals surface area (Å²) in [6, 6.07) is 0. The number of allylic oxidation sites excluding steroid dienone is 8. The normalized spacial score (nSPS) is 24.0. The van der Waals surface area contributed by atoms with E-state index in [1.165, 1.54) is 173 Å². The van der Waals surface area contributed by atoms with Gasteiger partial charge in [0.05, 0.1) is 26.4 Å². The first-order valence-corrected chi connectivity index (χ1v) is 33.2. The van der Waals surface area contributed by atoms with Crippen LogP contribution in [0.15, 0.2) is 48.6 Å². The van der Waals surface area contributed by atoms with E-state index >= 15 is 0 Å². The zero-order chi connectivity index (χ0) is 58.6. The molecule has 2 saturated heterocycles. The highest BCUT2D eigenvalue weighted by molar-refractivity contribution is 5.69. The van der Waals surface area contributed by atoms with Crippen molar-refractivity contribution < 1.29 is 69.0 Å². The molecule has 2 heterocycles. The van der Waals surface area contributed by atoms with E-state index in [-0.39, 0.29) is 25.6 Å². The van der Waals surface area contributed by atoms with Crippen LogP contribution in [0.2, 0.25) is 0 Å². The smallest absolute Gasteiger partial charge is 0.306 e. The quantitative estimate of drug-likeness (QED) is 0.0171. The van der Waals surface area contributed by atoms with E-state index in [0.717, 1.165) is 70.6 Å². The summed E-state index contributed by atoms with van der Waals surface area (Å²) in [6.45, 7) is 3.63. The first kappa shape index (κ1) is 75.0. The van der Waals surface area contributed by atoms with Crippen molar-refractivity contribution in [3.05, 3.63) is 48.6 Å². The lowest BCUT2D eigenvalue weighted by Gasteiger charge is -2.42. The lowest BCUT2D eigenvalue weighted by molar-refractivity contribution is -0.332. The molecule has 0 saturated carbocycles. The standard InChI is InChI=1S/C67H122O14/c1-3-5-7-9-11-13-15-17-19-21-23-25-27-29-31-33-35-37-39-41-43-45-47-49-51-76-53-56(54-77-66-65(75)63(73)61(71)58(81-66)55-78-67-64(74)62(72)60(70)57(52-68)80-67)79-59(69)50-48-46-44-42-40-38-36-34-32-30-28-26-24-22-20-18-16-14-12-10-8-6-4-2/h6,8,12,14,18,20,24,26,56-58,60-68,70-75H,3-5,7,9-11,13,15-17,19,21-23,25,27-55H2,1-2H3/b8-6-,14-12-,20-18-,26-24-. The van der Waals surface area contributed by atoms with Crippen molar-refractivity contribution in [1.82, 2.24) is 0 Å². The summed E-state index contributed by atoms with van der Waals surface area (Å²) in [5, 5.41) is 72.6. The Morgan fingerprint density at radius 3 is 1.26 bits per heavy atom. The predicted molar refractivity (Wildman–Crippen MR) is 326 cm³/mol. The fraction of sp³-hybridized carbons (Fsp3) is 0.866. The molecule has 0 amide bonds. The minimum Gasteiger partial charge on any atom is -0.457 e. The molecule has 0 aromatic heterocycles. The fourth-order valence-corrected chi connectivity index (χ4v) is 10.6. The van der Waals surface area contributed by atoms with Crippen LogP contribution in [0.1, 0.15) is 271 Å². The van der Waals surface area contributed by atoms with Gasteiger partial charge in [-0.2, -0.15) is 0 Å². The van der Waals surface area contributed by atoms with Crippen LogP contribution in [0, 0.1) is 0 Å². The van der Waals surface area contributed by atoms with E-state index in [1.807, 2.05) is 0 Å². The van der Waals surface area contributed by atoms with Gasteiger partial charge in [0.15, 0.2) is 12.6 Å². The number of hydrogen-bond acceptors (Lipinski definition) is 14. The van der Waals surface area contributed by atoms with Crippen molar-refractivity contribution in [1.29, 1.82) is 0 Å². The molecular formula is C67H122O14. The molecule has 2 aliphatic heterocycles. The number of esters is 1. The third-order valence-corrected chi connectivity index (χ3v) is 15.9. The monoisotopic (exact) mass is 1150 g/mol. The molecule has 0 spiro atoms. The Kier molecular flexibility index (Phi) is 49.5. The molecule has 14 heteroatoms. The summed E-state index contributed by atoms with van der Waals surface area (Å²) in [4.78, 5) is 13.1. The molecule has 7 N–H and O–H groups in total. The molecule has 0 aromatic rings. The Labute approximate surface area is 492 Å². The van der Waals surface area contributed by atoms with Crippen LogP contribution in [0.4, 0.5) is 0 Å². The average Bonchev–Trinajstić information content (AvgIpc) is 3.46. The average molecular weight is 1150 g/mol. The molecule has 0 aromatic carbocycles. The van der Waals surface area contributed by atoms with Crippen LogP contribution in [-0.4, -0.2) is 142 Å². The first-order chi connectivity index (χ1) is 39.6. The Hall–Kier alpha value is -2.05. The zero-order valence-corrected chi connectivity index (χ0v) is 51.3. The van der Waals surface area contributed by atoms with Gasteiger partial charge in [-0.15, -0.1) is 0 Å². The topological polar surface area (TPSA) is 214 Å². The van der Waals surface area contributed by atoms with Gasteiger partial charge < -0.3 is 64.2 Å². The summed E-state index contributed by atoms with van der Waals surface area (Å²) >= 11 is 0. The number of aliphatic hydroxyl groups is 7. The lowest BCUT2D eigenvalue weighted by Crippen LogP contribution is -2.61. The van der Waals surface area contributed by atoms with Gasteiger partial charge >= 0.3 is 5.97 Å². The second kappa shape index (κ2) is 53.4. The largest absolute Gasteiger partial charge is 0.457 e. The van der Waals surface area contributed by atoms with Crippen LogP contribution >= 0.6 is 0 Å². The molecule has 2 fully saturated rings. The van der Waals surface area contributed by atoms with Gasteiger partial charge in [-0.05, 0) is 51.4 Å². The SMILES string of the molecule is CC/C=C\C/C=C\C/C=C\C/C=C\CCCCCCCCCCCCC(=O)OC(COCCCCCCCCCCCCCCCCCCCCCCCCCC)COC1OC(COC2OC(CO)C(O)C(O)C2O)C(O)C(O)C1O. The lowest BCUT2D eigenvalue weighted by atomic mass is 9.98. The number of carbonyl (C=O) groups is 1. The van der Waals surface area contributed by atoms with Gasteiger partial charge in [0, 0.05) is 13.0 Å².